The minimum atomic E-state index is 0.321. The second-order valence-corrected chi connectivity index (χ2v) is 7.74. The first-order chi connectivity index (χ1) is 10.5. The first kappa shape index (κ1) is 15.7. The van der Waals surface area contributed by atoms with Crippen LogP contribution in [0.15, 0.2) is 10.6 Å². The molecule has 1 aliphatic carbocycles. The van der Waals surface area contributed by atoms with Gasteiger partial charge in [0.25, 0.3) is 0 Å². The van der Waals surface area contributed by atoms with Gasteiger partial charge in [-0.05, 0) is 33.7 Å². The molecule has 5 heteroatoms. The van der Waals surface area contributed by atoms with Gasteiger partial charge in [-0.3, -0.25) is 4.90 Å². The third kappa shape index (κ3) is 3.25. The molecule has 0 unspecified atom stereocenters. The molecule has 4 nitrogen and oxygen atoms in total. The molecule has 1 atom stereocenters. The molecule has 0 N–H and O–H groups in total. The largest absolute Gasteiger partial charge is 0.444 e. The predicted molar refractivity (Wildman–Crippen MR) is 89.3 cm³/mol. The van der Waals surface area contributed by atoms with E-state index >= 15 is 0 Å². The molecule has 0 spiro atoms. The Balaban J connectivity index is 1.68. The molecule has 1 saturated carbocycles. The van der Waals surface area contributed by atoms with Gasteiger partial charge in [0.1, 0.15) is 5.76 Å². The van der Waals surface area contributed by atoms with Crippen molar-refractivity contribution in [3.8, 4) is 0 Å². The van der Waals surface area contributed by atoms with Crippen LogP contribution in [0.3, 0.4) is 0 Å². The highest BCUT2D eigenvalue weighted by atomic mass is 32.1. The third-order valence-corrected chi connectivity index (χ3v) is 5.95. The molecule has 0 amide bonds. The maximum Gasteiger partial charge on any atom is 0.208 e. The van der Waals surface area contributed by atoms with Crippen LogP contribution in [0, 0.1) is 6.92 Å². The number of thiazole rings is 1. The van der Waals surface area contributed by atoms with Gasteiger partial charge < -0.3 is 4.42 Å². The van der Waals surface area contributed by atoms with Gasteiger partial charge in [-0.15, -0.1) is 11.3 Å². The monoisotopic (exact) mass is 319 g/mol. The summed E-state index contributed by atoms with van der Waals surface area (Å²) in [6.45, 7) is 9.47. The van der Waals surface area contributed by atoms with Crippen LogP contribution in [0.1, 0.15) is 78.7 Å². The summed E-state index contributed by atoms with van der Waals surface area (Å²) in [6.07, 6.45) is 4.40. The van der Waals surface area contributed by atoms with Crippen molar-refractivity contribution in [2.75, 3.05) is 7.05 Å². The Hall–Kier alpha value is -1.20. The molecule has 0 aromatic carbocycles. The molecule has 3 rings (SSSR count). The van der Waals surface area contributed by atoms with Gasteiger partial charge >= 0.3 is 0 Å². The average molecular weight is 319 g/mol. The number of nitrogens with zero attached hydrogens (tertiary/aromatic N) is 3. The number of hydrogen-bond donors (Lipinski definition) is 0. The number of oxazole rings is 1. The second-order valence-electron chi connectivity index (χ2n) is 6.68. The van der Waals surface area contributed by atoms with E-state index in [2.05, 4.69) is 44.6 Å². The van der Waals surface area contributed by atoms with Gasteiger partial charge in [-0.2, -0.15) is 0 Å². The Morgan fingerprint density at radius 1 is 1.36 bits per heavy atom. The zero-order valence-corrected chi connectivity index (χ0v) is 14.9. The number of hydrogen-bond acceptors (Lipinski definition) is 5. The molecule has 0 bridgehead atoms. The van der Waals surface area contributed by atoms with E-state index in [-0.39, 0.29) is 0 Å². The van der Waals surface area contributed by atoms with Crippen LogP contribution in [0.2, 0.25) is 0 Å². The molecule has 2 aromatic heterocycles. The fraction of sp³-hybridized carbons (Fsp3) is 0.647. The Morgan fingerprint density at radius 2 is 2.09 bits per heavy atom. The van der Waals surface area contributed by atoms with Gasteiger partial charge in [-0.25, -0.2) is 9.97 Å². The van der Waals surface area contributed by atoms with Gasteiger partial charge in [0.2, 0.25) is 5.89 Å². The molecular weight excluding hydrogens is 294 g/mol. The first-order valence-corrected chi connectivity index (χ1v) is 8.89. The second kappa shape index (κ2) is 6.13. The maximum atomic E-state index is 5.87. The van der Waals surface area contributed by atoms with Crippen molar-refractivity contribution in [1.29, 1.82) is 0 Å². The molecule has 0 saturated heterocycles. The summed E-state index contributed by atoms with van der Waals surface area (Å²) in [5.74, 6) is 3.00. The summed E-state index contributed by atoms with van der Waals surface area (Å²) < 4.78 is 5.87. The molecular formula is C17H25N3OS. The summed E-state index contributed by atoms with van der Waals surface area (Å²) >= 11 is 1.83. The third-order valence-electron chi connectivity index (χ3n) is 4.32. The van der Waals surface area contributed by atoms with E-state index < -0.39 is 0 Å². The van der Waals surface area contributed by atoms with Crippen molar-refractivity contribution >= 4 is 11.3 Å². The lowest BCUT2D eigenvalue weighted by atomic mass is 10.2. The fourth-order valence-corrected chi connectivity index (χ4v) is 3.76. The standard InChI is InChI=1S/C17H25N3OS/c1-10(2)17-19-11(3)16(22-17)12(4)20(5)9-15-18-8-14(21-15)13-6-7-13/h8,10,12-13H,6-7,9H2,1-5H3/t12-/m0/s1. The molecule has 1 fully saturated rings. The molecule has 22 heavy (non-hydrogen) atoms. The van der Waals surface area contributed by atoms with Crippen LogP contribution in [-0.2, 0) is 6.54 Å². The highest BCUT2D eigenvalue weighted by Gasteiger charge is 2.28. The highest BCUT2D eigenvalue weighted by Crippen LogP contribution is 2.40. The summed E-state index contributed by atoms with van der Waals surface area (Å²) in [6, 6.07) is 0.321. The van der Waals surface area contributed by atoms with E-state index in [1.807, 2.05) is 17.5 Å². The molecule has 0 aliphatic heterocycles. The minimum Gasteiger partial charge on any atom is -0.444 e. The van der Waals surface area contributed by atoms with Crippen molar-refractivity contribution in [3.63, 3.8) is 0 Å². The van der Waals surface area contributed by atoms with Crippen molar-refractivity contribution in [2.45, 2.75) is 65.0 Å². The van der Waals surface area contributed by atoms with Gasteiger partial charge in [0, 0.05) is 22.8 Å². The lowest BCUT2D eigenvalue weighted by molar-refractivity contribution is 0.227. The zero-order chi connectivity index (χ0) is 15.9. The lowest BCUT2D eigenvalue weighted by Crippen LogP contribution is -2.22. The molecule has 1 aliphatic rings. The average Bonchev–Trinajstić information content (AvgIpc) is 3.09. The van der Waals surface area contributed by atoms with Crippen LogP contribution in [0.25, 0.3) is 0 Å². The smallest absolute Gasteiger partial charge is 0.208 e. The number of aromatic nitrogens is 2. The topological polar surface area (TPSA) is 42.2 Å². The SMILES string of the molecule is Cc1nc(C(C)C)sc1[C@H](C)N(C)Cc1ncc(C2CC2)o1. The Labute approximate surface area is 136 Å². The molecule has 2 heterocycles. The summed E-state index contributed by atoms with van der Waals surface area (Å²) in [5, 5.41) is 1.22. The lowest BCUT2D eigenvalue weighted by Gasteiger charge is -2.22. The summed E-state index contributed by atoms with van der Waals surface area (Å²) in [7, 11) is 2.12. The molecule has 0 radical (unpaired) electrons. The molecule has 2 aromatic rings. The highest BCUT2D eigenvalue weighted by molar-refractivity contribution is 7.11. The van der Waals surface area contributed by atoms with E-state index in [1.165, 1.54) is 22.7 Å². The summed E-state index contributed by atoms with van der Waals surface area (Å²) in [5.41, 5.74) is 1.15. The van der Waals surface area contributed by atoms with Crippen molar-refractivity contribution in [3.05, 3.63) is 33.4 Å². The van der Waals surface area contributed by atoms with Crippen LogP contribution in [-0.4, -0.2) is 21.9 Å². The van der Waals surface area contributed by atoms with Crippen LogP contribution >= 0.6 is 11.3 Å². The Bertz CT molecular complexity index is 642. The normalized spacial score (nSPS) is 16.7. The van der Waals surface area contributed by atoms with E-state index in [0.717, 1.165) is 23.9 Å². The van der Waals surface area contributed by atoms with E-state index in [1.54, 1.807) is 0 Å². The predicted octanol–water partition coefficient (Wildman–Crippen LogP) is 4.63. The van der Waals surface area contributed by atoms with Gasteiger partial charge in [-0.1, -0.05) is 13.8 Å². The van der Waals surface area contributed by atoms with Gasteiger partial charge in [0.05, 0.1) is 23.4 Å². The molecule has 120 valence electrons. The van der Waals surface area contributed by atoms with Crippen LogP contribution in [0.5, 0.6) is 0 Å². The quantitative estimate of drug-likeness (QED) is 0.778. The maximum absolute atomic E-state index is 5.87. The van der Waals surface area contributed by atoms with Crippen LogP contribution < -0.4 is 0 Å². The van der Waals surface area contributed by atoms with Crippen molar-refractivity contribution in [1.82, 2.24) is 14.9 Å². The van der Waals surface area contributed by atoms with Crippen LogP contribution in [0.4, 0.5) is 0 Å². The van der Waals surface area contributed by atoms with Gasteiger partial charge in [0.15, 0.2) is 0 Å². The van der Waals surface area contributed by atoms with E-state index in [9.17, 15) is 0 Å². The number of aryl methyl sites for hydroxylation is 1. The van der Waals surface area contributed by atoms with Crippen molar-refractivity contribution in [2.24, 2.45) is 0 Å². The van der Waals surface area contributed by atoms with Crippen molar-refractivity contribution < 1.29 is 4.42 Å². The first-order valence-electron chi connectivity index (χ1n) is 8.07. The Morgan fingerprint density at radius 3 is 2.68 bits per heavy atom. The zero-order valence-electron chi connectivity index (χ0n) is 14.1. The minimum absolute atomic E-state index is 0.321. The Kier molecular flexibility index (Phi) is 4.37. The van der Waals surface area contributed by atoms with E-state index in [4.69, 9.17) is 9.40 Å². The summed E-state index contributed by atoms with van der Waals surface area (Å²) in [4.78, 5) is 12.8. The van der Waals surface area contributed by atoms with E-state index in [0.29, 0.717) is 17.9 Å². The fourth-order valence-electron chi connectivity index (χ4n) is 2.57. The number of rotatable bonds is 6.